The Labute approximate surface area is 223 Å². The summed E-state index contributed by atoms with van der Waals surface area (Å²) < 4.78 is 19.8. The molecular weight excluding hydrogens is 488 g/mol. The standard InChI is InChI=1S/C29H37BFNO6/c1-2-17(12-18-8-10-24(34)23(31)13-18)9-11-25-26-19(16-33)14-21-27(22(26)15-30(37)38-25)29(36)32(28(21)35)20-6-4-3-5-7-20/h8,10,12-13,20-22,25,27,33-34,37H,2-7,9,11,14-16H2,1H3/b17-12+/t21-,22+,25-,27-/m1/s1. The molecule has 4 aliphatic rings. The summed E-state index contributed by atoms with van der Waals surface area (Å²) in [7, 11) is -1.06. The number of phenols is 1. The lowest BCUT2D eigenvalue weighted by Crippen LogP contribution is -2.47. The summed E-state index contributed by atoms with van der Waals surface area (Å²) in [5, 5.41) is 30.5. The van der Waals surface area contributed by atoms with Crippen LogP contribution in [-0.2, 0) is 14.2 Å². The molecule has 2 heterocycles. The van der Waals surface area contributed by atoms with Crippen LogP contribution in [0.4, 0.5) is 4.39 Å². The summed E-state index contributed by atoms with van der Waals surface area (Å²) >= 11 is 0. The maximum Gasteiger partial charge on any atom is 0.455 e. The van der Waals surface area contributed by atoms with Crippen LogP contribution in [0.25, 0.3) is 6.08 Å². The van der Waals surface area contributed by atoms with E-state index >= 15 is 0 Å². The average molecular weight is 525 g/mol. The van der Waals surface area contributed by atoms with Crippen molar-refractivity contribution in [1.29, 1.82) is 0 Å². The molecule has 7 nitrogen and oxygen atoms in total. The van der Waals surface area contributed by atoms with Crippen molar-refractivity contribution in [2.45, 2.75) is 83.2 Å². The molecule has 0 spiro atoms. The molecule has 0 radical (unpaired) electrons. The molecule has 9 heteroatoms. The number of hydrogen-bond acceptors (Lipinski definition) is 6. The third-order valence-corrected chi connectivity index (χ3v) is 9.00. The zero-order valence-electron chi connectivity index (χ0n) is 21.9. The molecule has 1 aromatic rings. The number of amides is 2. The van der Waals surface area contributed by atoms with Gasteiger partial charge in [0.05, 0.1) is 24.5 Å². The van der Waals surface area contributed by atoms with Crippen LogP contribution in [0.2, 0.25) is 6.32 Å². The van der Waals surface area contributed by atoms with Gasteiger partial charge in [-0.2, -0.15) is 0 Å². The molecule has 3 N–H and O–H groups in total. The molecule has 0 unspecified atom stereocenters. The van der Waals surface area contributed by atoms with Gasteiger partial charge in [-0.1, -0.05) is 43.9 Å². The Balaban J connectivity index is 1.38. The first-order chi connectivity index (χ1) is 18.3. The maximum absolute atomic E-state index is 13.8. The van der Waals surface area contributed by atoms with Crippen molar-refractivity contribution in [2.75, 3.05) is 6.61 Å². The van der Waals surface area contributed by atoms with Crippen molar-refractivity contribution < 1.29 is 33.9 Å². The number of aromatic hydroxyl groups is 1. The van der Waals surface area contributed by atoms with Crippen molar-refractivity contribution in [3.8, 4) is 5.75 Å². The molecule has 2 aliphatic carbocycles. The van der Waals surface area contributed by atoms with Crippen molar-refractivity contribution in [3.63, 3.8) is 0 Å². The van der Waals surface area contributed by atoms with E-state index in [1.807, 2.05) is 13.0 Å². The number of halogens is 1. The molecule has 0 bridgehead atoms. The Kier molecular flexibility index (Phi) is 8.07. The highest BCUT2D eigenvalue weighted by Gasteiger charge is 2.58. The number of carbonyl (C=O) groups is 2. The van der Waals surface area contributed by atoms with Gasteiger partial charge >= 0.3 is 7.12 Å². The van der Waals surface area contributed by atoms with Gasteiger partial charge in [0.15, 0.2) is 11.6 Å². The zero-order chi connectivity index (χ0) is 27.0. The Morgan fingerprint density at radius 2 is 1.95 bits per heavy atom. The lowest BCUT2D eigenvalue weighted by atomic mass is 9.58. The van der Waals surface area contributed by atoms with Crippen molar-refractivity contribution in [1.82, 2.24) is 4.90 Å². The number of aliphatic hydroxyl groups is 1. The van der Waals surface area contributed by atoms with Gasteiger partial charge in [-0.15, -0.1) is 0 Å². The van der Waals surface area contributed by atoms with Gasteiger partial charge in [-0.05, 0) is 79.6 Å². The molecule has 5 rings (SSSR count). The minimum Gasteiger partial charge on any atom is -0.505 e. The van der Waals surface area contributed by atoms with Gasteiger partial charge in [0.1, 0.15) is 0 Å². The molecule has 2 saturated heterocycles. The van der Waals surface area contributed by atoms with E-state index in [9.17, 15) is 29.2 Å². The Morgan fingerprint density at radius 1 is 1.18 bits per heavy atom. The fraction of sp³-hybridized carbons (Fsp3) is 0.586. The molecule has 38 heavy (non-hydrogen) atoms. The topological polar surface area (TPSA) is 107 Å². The number of rotatable bonds is 7. The fourth-order valence-electron chi connectivity index (χ4n) is 7.15. The Hall–Kier alpha value is -2.49. The lowest BCUT2D eigenvalue weighted by Gasteiger charge is -2.43. The van der Waals surface area contributed by atoms with E-state index in [0.717, 1.165) is 55.2 Å². The molecule has 1 aromatic carbocycles. The highest BCUT2D eigenvalue weighted by Crippen LogP contribution is 2.51. The molecular formula is C29H37BFNO6. The van der Waals surface area contributed by atoms with Crippen molar-refractivity contribution in [2.24, 2.45) is 17.8 Å². The first-order valence-electron chi connectivity index (χ1n) is 14.0. The molecule has 2 aliphatic heterocycles. The zero-order valence-corrected chi connectivity index (χ0v) is 21.9. The van der Waals surface area contributed by atoms with Gasteiger partial charge in [0.2, 0.25) is 11.8 Å². The van der Waals surface area contributed by atoms with E-state index in [1.165, 1.54) is 17.0 Å². The van der Waals surface area contributed by atoms with E-state index in [4.69, 9.17) is 4.65 Å². The number of aliphatic hydroxyl groups excluding tert-OH is 1. The third kappa shape index (κ3) is 5.08. The second kappa shape index (κ2) is 11.3. The largest absolute Gasteiger partial charge is 0.505 e. The predicted molar refractivity (Wildman–Crippen MR) is 141 cm³/mol. The van der Waals surface area contributed by atoms with Gasteiger partial charge < -0.3 is 19.9 Å². The second-order valence-corrected chi connectivity index (χ2v) is 11.2. The number of imide groups is 1. The number of fused-ring (bicyclic) bond motifs is 3. The molecule has 1 saturated carbocycles. The highest BCUT2D eigenvalue weighted by atomic mass is 19.1. The molecule has 4 atom stereocenters. The minimum absolute atomic E-state index is 0.0436. The summed E-state index contributed by atoms with van der Waals surface area (Å²) in [4.78, 5) is 28.7. The van der Waals surface area contributed by atoms with Crippen LogP contribution in [0.15, 0.2) is 34.9 Å². The minimum atomic E-state index is -1.06. The van der Waals surface area contributed by atoms with E-state index < -0.39 is 36.6 Å². The number of benzene rings is 1. The number of likely N-dealkylation sites (tertiary alicyclic amines) is 1. The van der Waals surface area contributed by atoms with Crippen LogP contribution in [0.1, 0.15) is 70.3 Å². The summed E-state index contributed by atoms with van der Waals surface area (Å²) in [6.07, 6.45) is 8.71. The number of allylic oxidation sites excluding steroid dienone is 1. The van der Waals surface area contributed by atoms with Crippen molar-refractivity contribution in [3.05, 3.63) is 46.3 Å². The summed E-state index contributed by atoms with van der Waals surface area (Å²) in [5.74, 6) is -2.65. The second-order valence-electron chi connectivity index (χ2n) is 11.2. The van der Waals surface area contributed by atoms with Crippen LogP contribution in [0, 0.1) is 23.6 Å². The van der Waals surface area contributed by atoms with Gasteiger partial charge in [-0.25, -0.2) is 4.39 Å². The van der Waals surface area contributed by atoms with E-state index in [-0.39, 0.29) is 36.7 Å². The highest BCUT2D eigenvalue weighted by molar-refractivity contribution is 6.43. The van der Waals surface area contributed by atoms with Crippen molar-refractivity contribution >= 4 is 25.0 Å². The number of carbonyl (C=O) groups excluding carboxylic acids is 2. The van der Waals surface area contributed by atoms with E-state index in [2.05, 4.69) is 0 Å². The predicted octanol–water partition coefficient (Wildman–Crippen LogP) is 4.23. The monoisotopic (exact) mass is 525 g/mol. The molecule has 3 fully saturated rings. The number of nitrogens with zero attached hydrogens (tertiary/aromatic N) is 1. The summed E-state index contributed by atoms with van der Waals surface area (Å²) in [6.45, 7) is 1.80. The normalized spacial score (nSPS) is 28.7. The smallest absolute Gasteiger partial charge is 0.455 e. The van der Waals surface area contributed by atoms with Crippen LogP contribution in [-0.4, -0.2) is 57.8 Å². The molecule has 0 aromatic heterocycles. The third-order valence-electron chi connectivity index (χ3n) is 9.00. The molecule has 2 amide bonds. The van der Waals surface area contributed by atoms with Gasteiger partial charge in [0.25, 0.3) is 0 Å². The maximum atomic E-state index is 13.8. The SMILES string of the molecule is CC/C(=C\c1ccc(O)c(F)c1)CC[C@H]1OB(O)C[C@H]2C1=C(CO)C[C@H]1C(=O)N(C3CCCCC3)C(=O)[C@H]12. The summed E-state index contributed by atoms with van der Waals surface area (Å²) in [5.41, 5.74) is 3.32. The lowest BCUT2D eigenvalue weighted by molar-refractivity contribution is -0.143. The Bertz CT molecular complexity index is 1150. The fourth-order valence-corrected chi connectivity index (χ4v) is 7.15. The Morgan fingerprint density at radius 3 is 2.63 bits per heavy atom. The van der Waals surface area contributed by atoms with E-state index in [0.29, 0.717) is 24.8 Å². The van der Waals surface area contributed by atoms with Crippen LogP contribution < -0.4 is 0 Å². The first-order valence-corrected chi connectivity index (χ1v) is 14.0. The molecule has 204 valence electrons. The number of hydrogen-bond donors (Lipinski definition) is 3. The van der Waals surface area contributed by atoms with E-state index in [1.54, 1.807) is 6.07 Å². The van der Waals surface area contributed by atoms with Crippen LogP contribution >= 0.6 is 0 Å². The van der Waals surface area contributed by atoms with Gasteiger partial charge in [0, 0.05) is 6.04 Å². The van der Waals surface area contributed by atoms with Crippen LogP contribution in [0.3, 0.4) is 0 Å². The van der Waals surface area contributed by atoms with Gasteiger partial charge in [-0.3, -0.25) is 14.5 Å². The first kappa shape index (κ1) is 27.1. The quantitative estimate of drug-likeness (QED) is 0.280. The summed E-state index contributed by atoms with van der Waals surface area (Å²) in [6, 6.07) is 4.22. The van der Waals surface area contributed by atoms with Crippen LogP contribution in [0.5, 0.6) is 5.75 Å². The average Bonchev–Trinajstić information content (AvgIpc) is 3.17. The number of phenolic OH excluding ortho intramolecular Hbond substituents is 1.